The summed E-state index contributed by atoms with van der Waals surface area (Å²) in [5.74, 6) is 0. The van der Waals surface area contributed by atoms with Crippen molar-refractivity contribution in [1.29, 1.82) is 0 Å². The molecule has 0 saturated carbocycles. The van der Waals surface area contributed by atoms with Crippen LogP contribution in [0.5, 0.6) is 0 Å². The van der Waals surface area contributed by atoms with Gasteiger partial charge in [0.25, 0.3) is 0 Å². The largest absolute Gasteiger partial charge is 0.398 e. The van der Waals surface area contributed by atoms with Crippen LogP contribution in [-0.4, -0.2) is 31.8 Å². The highest BCUT2D eigenvalue weighted by atomic mass is 32.2. The lowest BCUT2D eigenvalue weighted by Gasteiger charge is -2.10. The first-order chi connectivity index (χ1) is 9.92. The number of sulfonamides is 1. The van der Waals surface area contributed by atoms with Gasteiger partial charge < -0.3 is 11.1 Å². The second-order valence-electron chi connectivity index (χ2n) is 4.66. The molecule has 0 spiro atoms. The molecule has 0 atom stereocenters. The third kappa shape index (κ3) is 3.73. The summed E-state index contributed by atoms with van der Waals surface area (Å²) in [4.78, 5) is 0.0859. The van der Waals surface area contributed by atoms with Crippen molar-refractivity contribution in [3.63, 3.8) is 0 Å². The molecule has 114 valence electrons. The van der Waals surface area contributed by atoms with E-state index in [0.717, 1.165) is 17.7 Å². The first kappa shape index (κ1) is 15.3. The number of aromatic nitrogens is 2. The normalized spacial score (nSPS) is 11.5. The second-order valence-corrected chi connectivity index (χ2v) is 6.51. The number of nitrogen functional groups attached to an aromatic ring is 1. The Kier molecular flexibility index (Phi) is 4.49. The molecule has 8 heteroatoms. The Morgan fingerprint density at radius 1 is 1.38 bits per heavy atom. The quantitative estimate of drug-likeness (QED) is 0.677. The highest BCUT2D eigenvalue weighted by Crippen LogP contribution is 2.22. The molecule has 0 aliphatic carbocycles. The average molecular weight is 309 g/mol. The fourth-order valence-electron chi connectivity index (χ4n) is 1.97. The van der Waals surface area contributed by atoms with E-state index in [-0.39, 0.29) is 10.6 Å². The van der Waals surface area contributed by atoms with Crippen molar-refractivity contribution < 1.29 is 8.42 Å². The molecule has 1 aromatic carbocycles. The number of hydrogen-bond donors (Lipinski definition) is 3. The molecule has 1 heterocycles. The third-order valence-corrected chi connectivity index (χ3v) is 4.56. The molecule has 0 saturated heterocycles. The number of nitrogens with two attached hydrogens (primary N) is 1. The molecular formula is C13H19N5O2S. The zero-order chi connectivity index (χ0) is 15.5. The van der Waals surface area contributed by atoms with Crippen molar-refractivity contribution in [3.05, 3.63) is 36.2 Å². The first-order valence-electron chi connectivity index (χ1n) is 6.47. The van der Waals surface area contributed by atoms with Gasteiger partial charge in [-0.25, -0.2) is 13.1 Å². The molecule has 4 N–H and O–H groups in total. The summed E-state index contributed by atoms with van der Waals surface area (Å²) < 4.78 is 27.4. The minimum atomic E-state index is -3.52. The van der Waals surface area contributed by atoms with Crippen LogP contribution >= 0.6 is 0 Å². The Hall–Kier alpha value is -2.06. The summed E-state index contributed by atoms with van der Waals surface area (Å²) >= 11 is 0. The van der Waals surface area contributed by atoms with Crippen LogP contribution < -0.4 is 15.8 Å². The molecule has 0 bridgehead atoms. The van der Waals surface area contributed by atoms with E-state index in [1.807, 2.05) is 19.4 Å². The summed E-state index contributed by atoms with van der Waals surface area (Å²) in [5.41, 5.74) is 7.93. The maximum absolute atomic E-state index is 11.7. The zero-order valence-corrected chi connectivity index (χ0v) is 12.8. The van der Waals surface area contributed by atoms with E-state index in [0.29, 0.717) is 6.54 Å². The van der Waals surface area contributed by atoms with Gasteiger partial charge in [-0.05, 0) is 37.2 Å². The van der Waals surface area contributed by atoms with Gasteiger partial charge in [-0.15, -0.1) is 0 Å². The van der Waals surface area contributed by atoms with E-state index in [1.54, 1.807) is 16.8 Å². The number of aryl methyl sites for hydroxylation is 1. The van der Waals surface area contributed by atoms with Crippen LogP contribution in [0, 0.1) is 0 Å². The fourth-order valence-corrected chi connectivity index (χ4v) is 2.80. The Labute approximate surface area is 124 Å². The molecule has 0 amide bonds. The van der Waals surface area contributed by atoms with Gasteiger partial charge in [0.05, 0.1) is 11.9 Å². The smallest absolute Gasteiger partial charge is 0.242 e. The minimum Gasteiger partial charge on any atom is -0.398 e. The van der Waals surface area contributed by atoms with E-state index in [1.165, 1.54) is 13.1 Å². The molecule has 7 nitrogen and oxygen atoms in total. The lowest BCUT2D eigenvalue weighted by atomic mass is 10.2. The van der Waals surface area contributed by atoms with Crippen molar-refractivity contribution in [2.45, 2.75) is 11.3 Å². The molecule has 21 heavy (non-hydrogen) atoms. The van der Waals surface area contributed by atoms with Gasteiger partial charge in [-0.3, -0.25) is 4.68 Å². The number of nitrogens with zero attached hydrogens (tertiary/aromatic N) is 2. The molecule has 0 aliphatic heterocycles. The molecule has 1 aromatic heterocycles. The monoisotopic (exact) mass is 309 g/mol. The van der Waals surface area contributed by atoms with Crippen LogP contribution in [0.15, 0.2) is 35.5 Å². The summed E-state index contributed by atoms with van der Waals surface area (Å²) in [6, 6.07) is 4.81. The minimum absolute atomic E-state index is 0.0859. The van der Waals surface area contributed by atoms with Crippen LogP contribution in [-0.2, 0) is 23.5 Å². The van der Waals surface area contributed by atoms with Gasteiger partial charge in [0.2, 0.25) is 10.0 Å². The maximum Gasteiger partial charge on any atom is 0.242 e. The van der Waals surface area contributed by atoms with E-state index in [9.17, 15) is 8.42 Å². The van der Waals surface area contributed by atoms with Gasteiger partial charge in [0.15, 0.2) is 0 Å². The van der Waals surface area contributed by atoms with E-state index in [2.05, 4.69) is 15.1 Å². The maximum atomic E-state index is 11.7. The van der Waals surface area contributed by atoms with Gasteiger partial charge in [-0.2, -0.15) is 5.10 Å². The standard InChI is InChI=1S/C13H19N5O2S/c1-15-21(19,20)13-4-3-11(7-12(13)14)16-6-5-10-8-17-18(2)9-10/h3-4,7-9,15-16H,5-6,14H2,1-2H3. The van der Waals surface area contributed by atoms with Gasteiger partial charge in [0.1, 0.15) is 4.90 Å². The molecule has 2 rings (SSSR count). The van der Waals surface area contributed by atoms with Crippen molar-refractivity contribution in [3.8, 4) is 0 Å². The summed E-state index contributed by atoms with van der Waals surface area (Å²) in [6.45, 7) is 0.712. The highest BCUT2D eigenvalue weighted by Gasteiger charge is 2.15. The number of benzene rings is 1. The van der Waals surface area contributed by atoms with Gasteiger partial charge in [-0.1, -0.05) is 0 Å². The molecule has 0 radical (unpaired) electrons. The number of hydrogen-bond acceptors (Lipinski definition) is 5. The fraction of sp³-hybridized carbons (Fsp3) is 0.308. The predicted molar refractivity (Wildman–Crippen MR) is 82.5 cm³/mol. The van der Waals surface area contributed by atoms with Crippen molar-refractivity contribution in [2.24, 2.45) is 7.05 Å². The van der Waals surface area contributed by atoms with Crippen LogP contribution in [0.3, 0.4) is 0 Å². The molecule has 0 fully saturated rings. The third-order valence-electron chi connectivity index (χ3n) is 3.07. The Morgan fingerprint density at radius 3 is 2.71 bits per heavy atom. The van der Waals surface area contributed by atoms with E-state index in [4.69, 9.17) is 5.73 Å². The van der Waals surface area contributed by atoms with E-state index >= 15 is 0 Å². The Morgan fingerprint density at radius 2 is 2.14 bits per heavy atom. The van der Waals surface area contributed by atoms with Gasteiger partial charge >= 0.3 is 0 Å². The Balaban J connectivity index is 2.00. The van der Waals surface area contributed by atoms with Crippen LogP contribution in [0.2, 0.25) is 0 Å². The average Bonchev–Trinajstić information content (AvgIpc) is 2.84. The van der Waals surface area contributed by atoms with Crippen molar-refractivity contribution in [1.82, 2.24) is 14.5 Å². The molecule has 0 aliphatic rings. The highest BCUT2D eigenvalue weighted by molar-refractivity contribution is 7.89. The Bertz CT molecular complexity index is 724. The lowest BCUT2D eigenvalue weighted by molar-refractivity contribution is 0.588. The molecule has 0 unspecified atom stereocenters. The molecular weight excluding hydrogens is 290 g/mol. The van der Waals surface area contributed by atoms with Gasteiger partial charge in [0, 0.05) is 25.5 Å². The lowest BCUT2D eigenvalue weighted by Crippen LogP contribution is -2.20. The first-order valence-corrected chi connectivity index (χ1v) is 7.95. The summed E-state index contributed by atoms with van der Waals surface area (Å²) in [6.07, 6.45) is 4.60. The number of rotatable bonds is 6. The number of nitrogens with one attached hydrogen (secondary N) is 2. The summed E-state index contributed by atoms with van der Waals surface area (Å²) in [5, 5.41) is 7.31. The van der Waals surface area contributed by atoms with Crippen molar-refractivity contribution in [2.75, 3.05) is 24.6 Å². The number of anilines is 2. The van der Waals surface area contributed by atoms with Crippen molar-refractivity contribution >= 4 is 21.4 Å². The van der Waals surface area contributed by atoms with Crippen LogP contribution in [0.4, 0.5) is 11.4 Å². The van der Waals surface area contributed by atoms with E-state index < -0.39 is 10.0 Å². The van der Waals surface area contributed by atoms with Crippen LogP contribution in [0.25, 0.3) is 0 Å². The predicted octanol–water partition coefficient (Wildman–Crippen LogP) is 0.565. The van der Waals surface area contributed by atoms with Crippen LogP contribution in [0.1, 0.15) is 5.56 Å². The topological polar surface area (TPSA) is 102 Å². The summed E-state index contributed by atoms with van der Waals surface area (Å²) in [7, 11) is -0.291. The SMILES string of the molecule is CNS(=O)(=O)c1ccc(NCCc2cnn(C)c2)cc1N. The zero-order valence-electron chi connectivity index (χ0n) is 12.0. The second kappa shape index (κ2) is 6.15. The molecule has 2 aromatic rings.